The van der Waals surface area contributed by atoms with Gasteiger partial charge in [-0.05, 0) is 26.2 Å². The van der Waals surface area contributed by atoms with Gasteiger partial charge < -0.3 is 10.6 Å². The molecule has 15 heavy (non-hydrogen) atoms. The lowest BCUT2D eigenvalue weighted by Gasteiger charge is -2.26. The number of aryl methyl sites for hydroxylation is 1. The number of hydrogen-bond acceptors (Lipinski definition) is 3. The van der Waals surface area contributed by atoms with E-state index in [1.54, 1.807) is 11.3 Å². The van der Waals surface area contributed by atoms with Gasteiger partial charge in [-0.25, -0.2) is 9.78 Å². The van der Waals surface area contributed by atoms with E-state index in [1.807, 2.05) is 12.3 Å². The van der Waals surface area contributed by atoms with Crippen molar-refractivity contribution in [2.24, 2.45) is 0 Å². The van der Waals surface area contributed by atoms with Gasteiger partial charge in [0.25, 0.3) is 0 Å². The molecule has 2 rings (SSSR count). The highest BCUT2D eigenvalue weighted by Crippen LogP contribution is 2.17. The van der Waals surface area contributed by atoms with E-state index in [4.69, 9.17) is 0 Å². The summed E-state index contributed by atoms with van der Waals surface area (Å²) >= 11 is 1.58. The molecule has 4 nitrogen and oxygen atoms in total. The molecule has 82 valence electrons. The van der Waals surface area contributed by atoms with Crippen LogP contribution in [-0.4, -0.2) is 17.1 Å². The number of thiazole rings is 1. The van der Waals surface area contributed by atoms with Gasteiger partial charge in [-0.3, -0.25) is 0 Å². The molecule has 0 aliphatic heterocycles. The molecule has 0 bridgehead atoms. The minimum absolute atomic E-state index is 0.0763. The van der Waals surface area contributed by atoms with Crippen molar-refractivity contribution in [2.75, 3.05) is 0 Å². The van der Waals surface area contributed by atoms with Crippen LogP contribution in [-0.2, 0) is 6.54 Å². The Kier molecular flexibility index (Phi) is 3.20. The zero-order valence-corrected chi connectivity index (χ0v) is 9.56. The first-order valence-corrected chi connectivity index (χ1v) is 6.07. The number of urea groups is 1. The highest BCUT2D eigenvalue weighted by atomic mass is 32.1. The second kappa shape index (κ2) is 4.61. The van der Waals surface area contributed by atoms with Gasteiger partial charge in [-0.15, -0.1) is 11.3 Å². The molecular weight excluding hydrogens is 210 g/mol. The average molecular weight is 225 g/mol. The first-order chi connectivity index (χ1) is 7.24. The Morgan fingerprint density at radius 3 is 3.00 bits per heavy atom. The summed E-state index contributed by atoms with van der Waals surface area (Å²) in [4.78, 5) is 15.7. The summed E-state index contributed by atoms with van der Waals surface area (Å²) in [6.45, 7) is 2.48. The van der Waals surface area contributed by atoms with Crippen molar-refractivity contribution in [3.63, 3.8) is 0 Å². The van der Waals surface area contributed by atoms with Crippen molar-refractivity contribution in [2.45, 2.75) is 38.8 Å². The van der Waals surface area contributed by atoms with Crippen molar-refractivity contribution >= 4 is 17.4 Å². The summed E-state index contributed by atoms with van der Waals surface area (Å²) in [5, 5.41) is 8.67. The van der Waals surface area contributed by atoms with Gasteiger partial charge in [0.05, 0.1) is 6.54 Å². The molecule has 0 unspecified atom stereocenters. The lowest BCUT2D eigenvalue weighted by Crippen LogP contribution is -2.44. The molecule has 0 atom stereocenters. The molecule has 1 fully saturated rings. The van der Waals surface area contributed by atoms with E-state index < -0.39 is 0 Å². The summed E-state index contributed by atoms with van der Waals surface area (Å²) in [5.74, 6) is 0. The Labute approximate surface area is 93.1 Å². The molecule has 0 radical (unpaired) electrons. The normalized spacial score (nSPS) is 15.8. The molecule has 0 saturated heterocycles. The van der Waals surface area contributed by atoms with Crippen molar-refractivity contribution in [1.29, 1.82) is 0 Å². The summed E-state index contributed by atoms with van der Waals surface area (Å²) in [6.07, 6.45) is 3.46. The molecule has 1 saturated carbocycles. The lowest BCUT2D eigenvalue weighted by atomic mass is 9.93. The van der Waals surface area contributed by atoms with Crippen LogP contribution in [0.5, 0.6) is 0 Å². The molecule has 1 aromatic rings. The van der Waals surface area contributed by atoms with Crippen molar-refractivity contribution in [3.8, 4) is 0 Å². The number of nitrogens with zero attached hydrogens (tertiary/aromatic N) is 1. The minimum Gasteiger partial charge on any atom is -0.335 e. The fraction of sp³-hybridized carbons (Fsp3) is 0.600. The number of hydrogen-bond donors (Lipinski definition) is 2. The minimum atomic E-state index is -0.0763. The third-order valence-electron chi connectivity index (χ3n) is 2.51. The summed E-state index contributed by atoms with van der Waals surface area (Å²) in [6, 6.07) is 0.315. The molecule has 2 N–H and O–H groups in total. The average Bonchev–Trinajstić information content (AvgIpc) is 2.55. The SMILES string of the molecule is Cc1csc(CNC(=O)NC2CCC2)n1. The van der Waals surface area contributed by atoms with E-state index >= 15 is 0 Å². The van der Waals surface area contributed by atoms with E-state index in [0.29, 0.717) is 12.6 Å². The second-order valence-corrected chi connectivity index (χ2v) is 4.78. The molecule has 5 heteroatoms. The molecule has 0 aromatic carbocycles. The van der Waals surface area contributed by atoms with Gasteiger partial charge in [-0.1, -0.05) is 0 Å². The second-order valence-electron chi connectivity index (χ2n) is 3.84. The largest absolute Gasteiger partial charge is 0.335 e. The summed E-state index contributed by atoms with van der Waals surface area (Å²) in [5.41, 5.74) is 1.01. The van der Waals surface area contributed by atoms with Crippen LogP contribution in [0.2, 0.25) is 0 Å². The standard InChI is InChI=1S/C10H15N3OS/c1-7-6-15-9(12-7)5-11-10(14)13-8-3-2-4-8/h6,8H,2-5H2,1H3,(H2,11,13,14). The number of carbonyl (C=O) groups is 1. The fourth-order valence-corrected chi connectivity index (χ4v) is 2.14. The molecular formula is C10H15N3OS. The summed E-state index contributed by atoms with van der Waals surface area (Å²) < 4.78 is 0. The van der Waals surface area contributed by atoms with Crippen LogP contribution in [0.1, 0.15) is 30.0 Å². The number of rotatable bonds is 3. The van der Waals surface area contributed by atoms with Crippen LogP contribution in [0, 0.1) is 6.92 Å². The number of aromatic nitrogens is 1. The van der Waals surface area contributed by atoms with Crippen LogP contribution < -0.4 is 10.6 Å². The van der Waals surface area contributed by atoms with Crippen molar-refractivity contribution in [3.05, 3.63) is 16.1 Å². The maximum Gasteiger partial charge on any atom is 0.315 e. The predicted octanol–water partition coefficient (Wildman–Crippen LogP) is 1.80. The highest BCUT2D eigenvalue weighted by molar-refractivity contribution is 7.09. The van der Waals surface area contributed by atoms with E-state index in [1.165, 1.54) is 6.42 Å². The monoisotopic (exact) mass is 225 g/mol. The topological polar surface area (TPSA) is 54.0 Å². The molecule has 2 amide bonds. The van der Waals surface area contributed by atoms with Gasteiger partial charge >= 0.3 is 6.03 Å². The predicted molar refractivity (Wildman–Crippen MR) is 59.9 cm³/mol. The smallest absolute Gasteiger partial charge is 0.315 e. The van der Waals surface area contributed by atoms with Gasteiger partial charge in [0.2, 0.25) is 0 Å². The van der Waals surface area contributed by atoms with E-state index in [0.717, 1.165) is 23.5 Å². The Hall–Kier alpha value is -1.10. The molecule has 1 aliphatic rings. The molecule has 1 aliphatic carbocycles. The number of nitrogens with one attached hydrogen (secondary N) is 2. The van der Waals surface area contributed by atoms with Crippen LogP contribution in [0.4, 0.5) is 4.79 Å². The maximum absolute atomic E-state index is 11.4. The van der Waals surface area contributed by atoms with Crippen molar-refractivity contribution < 1.29 is 4.79 Å². The lowest BCUT2D eigenvalue weighted by molar-refractivity contribution is 0.228. The first-order valence-electron chi connectivity index (χ1n) is 5.19. The zero-order chi connectivity index (χ0) is 10.7. The van der Waals surface area contributed by atoms with Crippen LogP contribution >= 0.6 is 11.3 Å². The fourth-order valence-electron chi connectivity index (χ4n) is 1.43. The third kappa shape index (κ3) is 2.92. The highest BCUT2D eigenvalue weighted by Gasteiger charge is 2.18. The van der Waals surface area contributed by atoms with Gasteiger partial charge in [-0.2, -0.15) is 0 Å². The molecule has 0 spiro atoms. The molecule has 1 aromatic heterocycles. The van der Waals surface area contributed by atoms with E-state index in [-0.39, 0.29) is 6.03 Å². The molecule has 1 heterocycles. The zero-order valence-electron chi connectivity index (χ0n) is 8.75. The Balaban J connectivity index is 1.70. The summed E-state index contributed by atoms with van der Waals surface area (Å²) in [7, 11) is 0. The van der Waals surface area contributed by atoms with Crippen LogP contribution in [0.25, 0.3) is 0 Å². The Bertz CT molecular complexity index is 346. The van der Waals surface area contributed by atoms with Gasteiger partial charge in [0.1, 0.15) is 5.01 Å². The van der Waals surface area contributed by atoms with Gasteiger partial charge in [0, 0.05) is 17.1 Å². The number of amides is 2. The van der Waals surface area contributed by atoms with E-state index in [9.17, 15) is 4.79 Å². The van der Waals surface area contributed by atoms with Gasteiger partial charge in [0.15, 0.2) is 0 Å². The van der Waals surface area contributed by atoms with Crippen LogP contribution in [0.15, 0.2) is 5.38 Å². The van der Waals surface area contributed by atoms with E-state index in [2.05, 4.69) is 15.6 Å². The first kappa shape index (κ1) is 10.4. The Morgan fingerprint density at radius 1 is 1.67 bits per heavy atom. The number of carbonyl (C=O) groups excluding carboxylic acids is 1. The van der Waals surface area contributed by atoms with Crippen molar-refractivity contribution in [1.82, 2.24) is 15.6 Å². The quantitative estimate of drug-likeness (QED) is 0.824. The Morgan fingerprint density at radius 2 is 2.47 bits per heavy atom. The maximum atomic E-state index is 11.4. The van der Waals surface area contributed by atoms with Crippen LogP contribution in [0.3, 0.4) is 0 Å². The third-order valence-corrected chi connectivity index (χ3v) is 3.47.